The molecule has 0 spiro atoms. The molecule has 0 radical (unpaired) electrons. The minimum Gasteiger partial charge on any atom is -0.469 e. The van der Waals surface area contributed by atoms with E-state index < -0.39 is 33.1 Å². The summed E-state index contributed by atoms with van der Waals surface area (Å²) in [6.07, 6.45) is 1.54. The zero-order valence-electron chi connectivity index (χ0n) is 12.7. The quantitative estimate of drug-likeness (QED) is 0.670. The van der Waals surface area contributed by atoms with Gasteiger partial charge in [-0.25, -0.2) is 8.42 Å². The number of sulfonamides is 1. The van der Waals surface area contributed by atoms with Gasteiger partial charge in [0.15, 0.2) is 0 Å². The van der Waals surface area contributed by atoms with Crippen molar-refractivity contribution in [3.63, 3.8) is 0 Å². The monoisotopic (exact) mass is 320 g/mol. The largest absolute Gasteiger partial charge is 0.469 e. The Morgan fingerprint density at radius 1 is 1.33 bits per heavy atom. The molecular weight excluding hydrogens is 296 g/mol. The van der Waals surface area contributed by atoms with E-state index in [1.54, 1.807) is 0 Å². The van der Waals surface area contributed by atoms with E-state index in [0.29, 0.717) is 19.3 Å². The van der Waals surface area contributed by atoms with Gasteiger partial charge in [-0.3, -0.25) is 9.59 Å². The van der Waals surface area contributed by atoms with Crippen LogP contribution in [0.3, 0.4) is 0 Å². The SMILES string of the molecule is COC(=O)C1CCCC1S(=O)(=O)N(CC(N)=O)CC(C)C. The van der Waals surface area contributed by atoms with Crippen LogP contribution >= 0.6 is 0 Å². The van der Waals surface area contributed by atoms with Gasteiger partial charge in [0.1, 0.15) is 0 Å². The first-order chi connectivity index (χ1) is 9.70. The maximum Gasteiger partial charge on any atom is 0.310 e. The van der Waals surface area contributed by atoms with E-state index >= 15 is 0 Å². The molecule has 2 unspecified atom stereocenters. The summed E-state index contributed by atoms with van der Waals surface area (Å²) in [5.41, 5.74) is 5.15. The molecule has 1 aliphatic carbocycles. The standard InChI is InChI=1S/C13H24N2O5S/c1-9(2)7-15(8-12(14)16)21(18,19)11-6-4-5-10(11)13(17)20-3/h9-11H,4-8H2,1-3H3,(H2,14,16). The Hall–Kier alpha value is -1.15. The summed E-state index contributed by atoms with van der Waals surface area (Å²) in [4.78, 5) is 22.9. The number of ether oxygens (including phenoxy) is 1. The lowest BCUT2D eigenvalue weighted by Gasteiger charge is -2.28. The van der Waals surface area contributed by atoms with E-state index in [2.05, 4.69) is 4.74 Å². The normalized spacial score (nSPS) is 22.7. The first-order valence-corrected chi connectivity index (χ1v) is 8.55. The van der Waals surface area contributed by atoms with E-state index in [1.807, 2.05) is 13.8 Å². The lowest BCUT2D eigenvalue weighted by Crippen LogP contribution is -2.47. The van der Waals surface area contributed by atoms with Crippen LogP contribution in [0.25, 0.3) is 0 Å². The topological polar surface area (TPSA) is 107 Å². The molecule has 0 aromatic heterocycles. The lowest BCUT2D eigenvalue weighted by molar-refractivity contribution is -0.145. The van der Waals surface area contributed by atoms with Gasteiger partial charge in [0.05, 0.1) is 24.8 Å². The molecule has 8 heteroatoms. The predicted molar refractivity (Wildman–Crippen MR) is 77.7 cm³/mol. The highest BCUT2D eigenvalue weighted by Crippen LogP contribution is 2.34. The Labute approximate surface area is 125 Å². The van der Waals surface area contributed by atoms with E-state index in [9.17, 15) is 18.0 Å². The first kappa shape index (κ1) is 17.9. The van der Waals surface area contributed by atoms with Crippen molar-refractivity contribution in [1.82, 2.24) is 4.31 Å². The second kappa shape index (κ2) is 7.22. The number of carbonyl (C=O) groups is 2. The van der Waals surface area contributed by atoms with Crippen LogP contribution in [0.2, 0.25) is 0 Å². The third kappa shape index (κ3) is 4.41. The van der Waals surface area contributed by atoms with Crippen LogP contribution in [0, 0.1) is 11.8 Å². The second-order valence-electron chi connectivity index (χ2n) is 5.80. The van der Waals surface area contributed by atoms with Gasteiger partial charge in [0, 0.05) is 6.54 Å². The molecule has 1 saturated carbocycles. The molecule has 1 fully saturated rings. The fourth-order valence-corrected chi connectivity index (χ4v) is 5.06. The number of nitrogens with zero attached hydrogens (tertiary/aromatic N) is 1. The third-order valence-corrected chi connectivity index (χ3v) is 5.93. The molecule has 0 aromatic carbocycles. The van der Waals surface area contributed by atoms with Crippen molar-refractivity contribution in [2.45, 2.75) is 38.4 Å². The van der Waals surface area contributed by atoms with Crippen LogP contribution in [0.5, 0.6) is 0 Å². The van der Waals surface area contributed by atoms with Gasteiger partial charge in [-0.1, -0.05) is 20.3 Å². The number of rotatable bonds is 7. The minimum absolute atomic E-state index is 0.0529. The van der Waals surface area contributed by atoms with Gasteiger partial charge in [-0.15, -0.1) is 0 Å². The summed E-state index contributed by atoms with van der Waals surface area (Å²) >= 11 is 0. The molecule has 2 N–H and O–H groups in total. The van der Waals surface area contributed by atoms with Gasteiger partial charge in [-0.05, 0) is 18.8 Å². The smallest absolute Gasteiger partial charge is 0.310 e. The van der Waals surface area contributed by atoms with Crippen molar-refractivity contribution in [2.75, 3.05) is 20.2 Å². The minimum atomic E-state index is -3.76. The maximum absolute atomic E-state index is 12.7. The molecule has 0 aliphatic heterocycles. The van der Waals surface area contributed by atoms with E-state index in [4.69, 9.17) is 5.73 Å². The van der Waals surface area contributed by atoms with Crippen LogP contribution in [-0.4, -0.2) is 50.0 Å². The van der Waals surface area contributed by atoms with E-state index in [1.165, 1.54) is 7.11 Å². The highest BCUT2D eigenvalue weighted by Gasteiger charge is 2.45. The Morgan fingerprint density at radius 3 is 2.43 bits per heavy atom. The molecule has 7 nitrogen and oxygen atoms in total. The average molecular weight is 320 g/mol. The number of amides is 1. The number of nitrogens with two attached hydrogens (primary N) is 1. The molecule has 1 aliphatic rings. The molecule has 0 aromatic rings. The molecule has 0 bridgehead atoms. The summed E-state index contributed by atoms with van der Waals surface area (Å²) in [5, 5.41) is -0.831. The fraction of sp³-hybridized carbons (Fsp3) is 0.846. The van der Waals surface area contributed by atoms with Crippen molar-refractivity contribution in [2.24, 2.45) is 17.6 Å². The van der Waals surface area contributed by atoms with Gasteiger partial charge < -0.3 is 10.5 Å². The van der Waals surface area contributed by atoms with Crippen molar-refractivity contribution < 1.29 is 22.7 Å². The van der Waals surface area contributed by atoms with Gasteiger partial charge in [0.2, 0.25) is 15.9 Å². The van der Waals surface area contributed by atoms with Crippen LogP contribution in [0.15, 0.2) is 0 Å². The number of carbonyl (C=O) groups excluding carboxylic acids is 2. The van der Waals surface area contributed by atoms with E-state index in [-0.39, 0.29) is 19.0 Å². The van der Waals surface area contributed by atoms with Crippen molar-refractivity contribution in [3.8, 4) is 0 Å². The summed E-state index contributed by atoms with van der Waals surface area (Å²) < 4.78 is 31.3. The maximum atomic E-state index is 12.7. The summed E-state index contributed by atoms with van der Waals surface area (Å²) in [5.74, 6) is -1.82. The molecule has 2 atom stereocenters. The van der Waals surface area contributed by atoms with Gasteiger partial charge in [0.25, 0.3) is 0 Å². The molecule has 1 amide bonds. The number of methoxy groups -OCH3 is 1. The van der Waals surface area contributed by atoms with Gasteiger partial charge in [-0.2, -0.15) is 4.31 Å². The molecule has 122 valence electrons. The highest BCUT2D eigenvalue weighted by molar-refractivity contribution is 7.89. The van der Waals surface area contributed by atoms with Crippen molar-refractivity contribution >= 4 is 21.9 Å². The predicted octanol–water partition coefficient (Wildman–Crippen LogP) is 0.101. The first-order valence-electron chi connectivity index (χ1n) is 7.05. The van der Waals surface area contributed by atoms with Crippen molar-refractivity contribution in [1.29, 1.82) is 0 Å². The van der Waals surface area contributed by atoms with Crippen molar-refractivity contribution in [3.05, 3.63) is 0 Å². The number of esters is 1. The average Bonchev–Trinajstić information content (AvgIpc) is 2.85. The molecular formula is C13H24N2O5S. The Kier molecular flexibility index (Phi) is 6.15. The lowest BCUT2D eigenvalue weighted by atomic mass is 10.1. The summed E-state index contributed by atoms with van der Waals surface area (Å²) in [7, 11) is -2.51. The van der Waals surface area contributed by atoms with Gasteiger partial charge >= 0.3 is 5.97 Å². The fourth-order valence-electron chi connectivity index (χ4n) is 2.73. The summed E-state index contributed by atoms with van der Waals surface area (Å²) in [6.45, 7) is 3.56. The molecule has 0 saturated heterocycles. The number of hydrogen-bond acceptors (Lipinski definition) is 5. The van der Waals surface area contributed by atoms with Crippen LogP contribution in [0.4, 0.5) is 0 Å². The van der Waals surface area contributed by atoms with E-state index in [0.717, 1.165) is 4.31 Å². The Morgan fingerprint density at radius 2 is 1.95 bits per heavy atom. The molecule has 1 rings (SSSR count). The number of primary amides is 1. The molecule has 0 heterocycles. The second-order valence-corrected chi connectivity index (χ2v) is 7.95. The zero-order chi connectivity index (χ0) is 16.2. The zero-order valence-corrected chi connectivity index (χ0v) is 13.6. The summed E-state index contributed by atoms with van der Waals surface area (Å²) in [6, 6.07) is 0. The van der Waals surface area contributed by atoms with Crippen LogP contribution < -0.4 is 5.73 Å². The highest BCUT2D eigenvalue weighted by atomic mass is 32.2. The number of hydrogen-bond donors (Lipinski definition) is 1. The third-order valence-electron chi connectivity index (χ3n) is 3.60. The molecule has 21 heavy (non-hydrogen) atoms. The Bertz CT molecular complexity index is 489. The van der Waals surface area contributed by atoms with Crippen LogP contribution in [0.1, 0.15) is 33.1 Å². The Balaban J connectivity index is 3.03. The van der Waals surface area contributed by atoms with Crippen LogP contribution in [-0.2, 0) is 24.3 Å².